The molecule has 0 radical (unpaired) electrons. The molecule has 10 heteroatoms. The molecule has 0 saturated carbocycles. The molecule has 1 saturated heterocycles. The molecule has 2 heterocycles. The van der Waals surface area contributed by atoms with Gasteiger partial charge in [0, 0.05) is 29.6 Å². The van der Waals surface area contributed by atoms with Crippen molar-refractivity contribution in [1.29, 1.82) is 0 Å². The summed E-state index contributed by atoms with van der Waals surface area (Å²) in [5.41, 5.74) is 1.81. The van der Waals surface area contributed by atoms with Gasteiger partial charge in [-0.3, -0.25) is 10.1 Å². The van der Waals surface area contributed by atoms with Crippen LogP contribution >= 0.6 is 34.5 Å². The van der Waals surface area contributed by atoms with Gasteiger partial charge in [-0.05, 0) is 49.2 Å². The van der Waals surface area contributed by atoms with Crippen LogP contribution < -0.4 is 5.32 Å². The number of carbonyl (C=O) groups is 1. The predicted molar refractivity (Wildman–Crippen MR) is 129 cm³/mol. The van der Waals surface area contributed by atoms with Crippen LogP contribution in [-0.2, 0) is 10.0 Å². The van der Waals surface area contributed by atoms with Gasteiger partial charge in [0.15, 0.2) is 5.13 Å². The zero-order valence-corrected chi connectivity index (χ0v) is 20.2. The zero-order valence-electron chi connectivity index (χ0n) is 17.1. The van der Waals surface area contributed by atoms with Gasteiger partial charge in [0.05, 0.1) is 20.6 Å². The van der Waals surface area contributed by atoms with E-state index >= 15 is 0 Å². The Balaban J connectivity index is 1.45. The fourth-order valence-electron chi connectivity index (χ4n) is 3.50. The van der Waals surface area contributed by atoms with Crippen molar-refractivity contribution in [3.63, 3.8) is 0 Å². The average Bonchev–Trinajstić information content (AvgIpc) is 3.06. The highest BCUT2D eigenvalue weighted by atomic mass is 35.5. The van der Waals surface area contributed by atoms with Gasteiger partial charge in [0.25, 0.3) is 5.91 Å². The smallest absolute Gasteiger partial charge is 0.257 e. The first-order valence-electron chi connectivity index (χ1n) is 10.2. The fourth-order valence-corrected chi connectivity index (χ4v) is 6.03. The molecule has 1 aliphatic heterocycles. The van der Waals surface area contributed by atoms with Crippen molar-refractivity contribution < 1.29 is 13.2 Å². The molecule has 0 spiro atoms. The van der Waals surface area contributed by atoms with Crippen molar-refractivity contribution in [2.75, 3.05) is 18.4 Å². The van der Waals surface area contributed by atoms with Crippen molar-refractivity contribution in [3.05, 3.63) is 63.5 Å². The molecule has 1 N–H and O–H groups in total. The first kappa shape index (κ1) is 23.2. The van der Waals surface area contributed by atoms with E-state index in [1.54, 1.807) is 18.2 Å². The summed E-state index contributed by atoms with van der Waals surface area (Å²) in [6.45, 7) is 1.07. The number of hydrogen-bond acceptors (Lipinski definition) is 5. The van der Waals surface area contributed by atoms with E-state index in [2.05, 4.69) is 10.3 Å². The Morgan fingerprint density at radius 2 is 1.66 bits per heavy atom. The molecule has 3 aromatic rings. The molecule has 1 aromatic heterocycles. The Morgan fingerprint density at radius 1 is 0.969 bits per heavy atom. The summed E-state index contributed by atoms with van der Waals surface area (Å²) in [7, 11) is -3.55. The Kier molecular flexibility index (Phi) is 7.17. The lowest BCUT2D eigenvalue weighted by Gasteiger charge is -2.20. The SMILES string of the molecule is O=C(Nc1nc(-c2ccc(Cl)c(Cl)c2)cs1)c1ccc(S(=O)(=O)N2CCCCCC2)cc1. The van der Waals surface area contributed by atoms with E-state index in [-0.39, 0.29) is 10.8 Å². The third kappa shape index (κ3) is 5.15. The minimum Gasteiger partial charge on any atom is -0.298 e. The second-order valence-electron chi connectivity index (χ2n) is 7.46. The normalized spacial score (nSPS) is 15.3. The summed E-state index contributed by atoms with van der Waals surface area (Å²) in [4.78, 5) is 17.3. The average molecular weight is 510 g/mol. The Hall–Kier alpha value is -1.97. The molecule has 0 unspecified atom stereocenters. The van der Waals surface area contributed by atoms with E-state index in [0.717, 1.165) is 31.2 Å². The van der Waals surface area contributed by atoms with Crippen LogP contribution in [0.4, 0.5) is 5.13 Å². The number of thiazole rings is 1. The van der Waals surface area contributed by atoms with Crippen molar-refractivity contribution in [2.45, 2.75) is 30.6 Å². The lowest BCUT2D eigenvalue weighted by molar-refractivity contribution is 0.102. The highest BCUT2D eigenvalue weighted by Gasteiger charge is 2.25. The van der Waals surface area contributed by atoms with Crippen LogP contribution in [-0.4, -0.2) is 36.7 Å². The number of nitrogens with zero attached hydrogens (tertiary/aromatic N) is 2. The van der Waals surface area contributed by atoms with Gasteiger partial charge in [0.1, 0.15) is 0 Å². The largest absolute Gasteiger partial charge is 0.298 e. The van der Waals surface area contributed by atoms with Crippen molar-refractivity contribution in [2.24, 2.45) is 0 Å². The van der Waals surface area contributed by atoms with Crippen LogP contribution in [0.25, 0.3) is 11.3 Å². The third-order valence-electron chi connectivity index (χ3n) is 5.26. The molecule has 32 heavy (non-hydrogen) atoms. The molecular weight excluding hydrogens is 489 g/mol. The molecule has 2 aromatic carbocycles. The van der Waals surface area contributed by atoms with Gasteiger partial charge >= 0.3 is 0 Å². The van der Waals surface area contributed by atoms with E-state index < -0.39 is 10.0 Å². The first-order valence-corrected chi connectivity index (χ1v) is 13.2. The Morgan fingerprint density at radius 3 is 2.31 bits per heavy atom. The number of hydrogen-bond donors (Lipinski definition) is 1. The molecule has 0 bridgehead atoms. The second kappa shape index (κ2) is 9.89. The number of amides is 1. The molecule has 168 valence electrons. The Bertz CT molecular complexity index is 1220. The van der Waals surface area contributed by atoms with Crippen LogP contribution in [0.2, 0.25) is 10.0 Å². The van der Waals surface area contributed by atoms with Crippen molar-refractivity contribution in [3.8, 4) is 11.3 Å². The topological polar surface area (TPSA) is 79.4 Å². The number of sulfonamides is 1. The van der Waals surface area contributed by atoms with E-state index in [0.29, 0.717) is 39.5 Å². The van der Waals surface area contributed by atoms with E-state index in [1.165, 1.54) is 39.9 Å². The third-order valence-corrected chi connectivity index (χ3v) is 8.67. The maximum absolute atomic E-state index is 12.9. The molecule has 0 atom stereocenters. The molecular formula is C22H21Cl2N3O3S2. The molecule has 4 rings (SSSR count). The minimum atomic E-state index is -3.55. The first-order chi connectivity index (χ1) is 15.3. The number of aromatic nitrogens is 1. The lowest BCUT2D eigenvalue weighted by Crippen LogP contribution is -2.31. The monoisotopic (exact) mass is 509 g/mol. The van der Waals surface area contributed by atoms with Gasteiger partial charge in [0.2, 0.25) is 10.0 Å². The van der Waals surface area contributed by atoms with Crippen molar-refractivity contribution >= 4 is 55.6 Å². The quantitative estimate of drug-likeness (QED) is 0.461. The highest BCUT2D eigenvalue weighted by molar-refractivity contribution is 7.89. The molecule has 6 nitrogen and oxygen atoms in total. The maximum atomic E-state index is 12.9. The van der Waals surface area contributed by atoms with Gasteiger partial charge in [-0.2, -0.15) is 4.31 Å². The molecule has 1 aliphatic rings. The molecule has 1 fully saturated rings. The summed E-state index contributed by atoms with van der Waals surface area (Å²) in [5.74, 6) is -0.362. The Labute approximate surface area is 201 Å². The summed E-state index contributed by atoms with van der Waals surface area (Å²) in [6, 6.07) is 11.2. The number of anilines is 1. The molecule has 0 aliphatic carbocycles. The van der Waals surface area contributed by atoms with Crippen molar-refractivity contribution in [1.82, 2.24) is 9.29 Å². The van der Waals surface area contributed by atoms with Crippen LogP contribution in [0.3, 0.4) is 0 Å². The van der Waals surface area contributed by atoms with Gasteiger partial charge < -0.3 is 0 Å². The number of carbonyl (C=O) groups excluding carboxylic acids is 1. The van der Waals surface area contributed by atoms with E-state index in [9.17, 15) is 13.2 Å². The van der Waals surface area contributed by atoms with Crippen LogP contribution in [0.1, 0.15) is 36.0 Å². The summed E-state index contributed by atoms with van der Waals surface area (Å²) in [6.07, 6.45) is 3.85. The summed E-state index contributed by atoms with van der Waals surface area (Å²) < 4.78 is 27.3. The fraction of sp³-hybridized carbons (Fsp3) is 0.273. The zero-order chi connectivity index (χ0) is 22.7. The minimum absolute atomic E-state index is 0.201. The number of benzene rings is 2. The van der Waals surface area contributed by atoms with E-state index in [4.69, 9.17) is 23.2 Å². The number of halogens is 2. The standard InChI is InChI=1S/C22H21Cl2N3O3S2/c23-18-10-7-16(13-19(18)24)20-14-31-22(25-20)26-21(28)15-5-8-17(9-6-15)32(29,30)27-11-3-1-2-4-12-27/h5-10,13-14H,1-4,11-12H2,(H,25,26,28). The lowest BCUT2D eigenvalue weighted by atomic mass is 10.2. The maximum Gasteiger partial charge on any atom is 0.257 e. The highest BCUT2D eigenvalue weighted by Crippen LogP contribution is 2.30. The van der Waals surface area contributed by atoms with Gasteiger partial charge in [-0.25, -0.2) is 13.4 Å². The number of rotatable bonds is 5. The molecule has 1 amide bonds. The van der Waals surface area contributed by atoms with Crippen LogP contribution in [0, 0.1) is 0 Å². The number of nitrogens with one attached hydrogen (secondary N) is 1. The summed E-state index contributed by atoms with van der Waals surface area (Å²) >= 11 is 13.3. The van der Waals surface area contributed by atoms with Crippen LogP contribution in [0.15, 0.2) is 52.7 Å². The summed E-state index contributed by atoms with van der Waals surface area (Å²) in [5, 5.41) is 5.88. The van der Waals surface area contributed by atoms with Gasteiger partial charge in [-0.15, -0.1) is 11.3 Å². The van der Waals surface area contributed by atoms with E-state index in [1.807, 2.05) is 5.38 Å². The predicted octanol–water partition coefficient (Wildman–Crippen LogP) is 5.93. The van der Waals surface area contributed by atoms with Crippen LogP contribution in [0.5, 0.6) is 0 Å². The van der Waals surface area contributed by atoms with Gasteiger partial charge in [-0.1, -0.05) is 42.1 Å². The second-order valence-corrected chi connectivity index (χ2v) is 11.1.